The number of ether oxygens (including phenoxy) is 1. The number of hydrogen-bond donors (Lipinski definition) is 0. The molecule has 0 unspecified atom stereocenters. The molecule has 0 aliphatic carbocycles. The molecule has 0 aliphatic heterocycles. The predicted molar refractivity (Wildman–Crippen MR) is 75.8 cm³/mol. The lowest BCUT2D eigenvalue weighted by molar-refractivity contribution is -0.140. The van der Waals surface area contributed by atoms with E-state index >= 15 is 0 Å². The quantitative estimate of drug-likeness (QED) is 0.618. The molecule has 104 valence electrons. The van der Waals surface area contributed by atoms with E-state index < -0.39 is 11.8 Å². The first kappa shape index (κ1) is 15.2. The molecule has 0 bridgehead atoms. The first-order valence-electron chi connectivity index (χ1n) is 6.20. The highest BCUT2D eigenvalue weighted by Crippen LogP contribution is 2.25. The van der Waals surface area contributed by atoms with Crippen LogP contribution < -0.4 is 4.90 Å². The number of benzene rings is 1. The third-order valence-corrected chi connectivity index (χ3v) is 2.90. The van der Waals surface area contributed by atoms with E-state index in [1.165, 1.54) is 0 Å². The molecule has 19 heavy (non-hydrogen) atoms. The average Bonchev–Trinajstić information content (AvgIpc) is 2.36. The summed E-state index contributed by atoms with van der Waals surface area (Å²) in [6.07, 6.45) is 0. The standard InChI is InChI=1S/C15H20FNO2/c1-6-19-15(18)14(16)11(3)12-7-8-13(17(4)5)10(2)9-12/h7-9H,6H2,1-5H3/b14-11+. The van der Waals surface area contributed by atoms with E-state index in [0.717, 1.165) is 11.3 Å². The van der Waals surface area contributed by atoms with Crippen LogP contribution in [0.25, 0.3) is 5.57 Å². The van der Waals surface area contributed by atoms with E-state index in [0.29, 0.717) is 11.1 Å². The second-order valence-corrected chi connectivity index (χ2v) is 4.56. The van der Waals surface area contributed by atoms with Crippen molar-refractivity contribution in [1.82, 2.24) is 0 Å². The summed E-state index contributed by atoms with van der Waals surface area (Å²) < 4.78 is 18.5. The number of carbonyl (C=O) groups is 1. The lowest BCUT2D eigenvalue weighted by atomic mass is 10.0. The number of halogens is 1. The van der Waals surface area contributed by atoms with Crippen LogP contribution >= 0.6 is 0 Å². The summed E-state index contributed by atoms with van der Waals surface area (Å²) in [4.78, 5) is 13.3. The van der Waals surface area contributed by atoms with Crippen LogP contribution in [0.1, 0.15) is 25.0 Å². The third-order valence-electron chi connectivity index (χ3n) is 2.90. The van der Waals surface area contributed by atoms with Crippen LogP contribution in [0, 0.1) is 6.92 Å². The number of anilines is 1. The van der Waals surface area contributed by atoms with Gasteiger partial charge in [0.05, 0.1) is 6.61 Å². The molecule has 4 heteroatoms. The molecule has 0 amide bonds. The molecule has 0 spiro atoms. The Hall–Kier alpha value is -1.84. The van der Waals surface area contributed by atoms with Crippen molar-refractivity contribution in [3.63, 3.8) is 0 Å². The molecule has 3 nitrogen and oxygen atoms in total. The van der Waals surface area contributed by atoms with Crippen molar-refractivity contribution < 1.29 is 13.9 Å². The zero-order valence-electron chi connectivity index (χ0n) is 12.1. The van der Waals surface area contributed by atoms with Gasteiger partial charge in [0.15, 0.2) is 0 Å². The average molecular weight is 265 g/mol. The molecule has 0 aliphatic rings. The van der Waals surface area contributed by atoms with Crippen molar-refractivity contribution in [2.75, 3.05) is 25.6 Å². The van der Waals surface area contributed by atoms with Crippen molar-refractivity contribution in [3.8, 4) is 0 Å². The normalized spacial score (nSPS) is 11.9. The molecule has 1 aromatic carbocycles. The highest BCUT2D eigenvalue weighted by Gasteiger charge is 2.15. The Labute approximate surface area is 113 Å². The molecule has 0 N–H and O–H groups in total. The summed E-state index contributed by atoms with van der Waals surface area (Å²) in [6, 6.07) is 5.58. The van der Waals surface area contributed by atoms with Crippen molar-refractivity contribution in [2.24, 2.45) is 0 Å². The van der Waals surface area contributed by atoms with Gasteiger partial charge < -0.3 is 9.64 Å². The van der Waals surface area contributed by atoms with Crippen molar-refractivity contribution in [2.45, 2.75) is 20.8 Å². The Bertz CT molecular complexity index is 507. The number of nitrogens with zero attached hydrogens (tertiary/aromatic N) is 1. The minimum Gasteiger partial charge on any atom is -0.461 e. The van der Waals surface area contributed by atoms with Gasteiger partial charge in [0.2, 0.25) is 5.83 Å². The molecule has 0 radical (unpaired) electrons. The Morgan fingerprint density at radius 3 is 2.47 bits per heavy atom. The molecular formula is C15H20FNO2. The lowest BCUT2D eigenvalue weighted by Gasteiger charge is -2.16. The van der Waals surface area contributed by atoms with Gasteiger partial charge in [-0.15, -0.1) is 0 Å². The van der Waals surface area contributed by atoms with Gasteiger partial charge in [-0.25, -0.2) is 4.79 Å². The number of hydrogen-bond acceptors (Lipinski definition) is 3. The van der Waals surface area contributed by atoms with Gasteiger partial charge in [-0.05, 0) is 49.6 Å². The molecular weight excluding hydrogens is 245 g/mol. The fourth-order valence-corrected chi connectivity index (χ4v) is 1.86. The summed E-state index contributed by atoms with van der Waals surface area (Å²) in [5.74, 6) is -1.74. The molecule has 0 atom stereocenters. The first-order chi connectivity index (χ1) is 8.88. The van der Waals surface area contributed by atoms with Crippen molar-refractivity contribution in [3.05, 3.63) is 35.2 Å². The van der Waals surface area contributed by atoms with Crippen LogP contribution in [0.3, 0.4) is 0 Å². The summed E-state index contributed by atoms with van der Waals surface area (Å²) >= 11 is 0. The number of allylic oxidation sites excluding steroid dienone is 1. The summed E-state index contributed by atoms with van der Waals surface area (Å²) in [5.41, 5.74) is 3.08. The Balaban J connectivity index is 3.13. The highest BCUT2D eigenvalue weighted by molar-refractivity contribution is 5.95. The van der Waals surface area contributed by atoms with Crippen LogP contribution in [-0.2, 0) is 9.53 Å². The van der Waals surface area contributed by atoms with E-state index in [-0.39, 0.29) is 6.61 Å². The molecule has 1 aromatic rings. The summed E-state index contributed by atoms with van der Waals surface area (Å²) in [6.45, 7) is 5.35. The summed E-state index contributed by atoms with van der Waals surface area (Å²) in [5, 5.41) is 0. The first-order valence-corrected chi connectivity index (χ1v) is 6.20. The number of carbonyl (C=O) groups excluding carboxylic acids is 1. The van der Waals surface area contributed by atoms with Gasteiger partial charge in [-0.3, -0.25) is 0 Å². The summed E-state index contributed by atoms with van der Waals surface area (Å²) in [7, 11) is 3.90. The highest BCUT2D eigenvalue weighted by atomic mass is 19.1. The lowest BCUT2D eigenvalue weighted by Crippen LogP contribution is -2.10. The molecule has 1 rings (SSSR count). The van der Waals surface area contributed by atoms with Crippen molar-refractivity contribution in [1.29, 1.82) is 0 Å². The maximum Gasteiger partial charge on any atom is 0.367 e. The largest absolute Gasteiger partial charge is 0.461 e. The topological polar surface area (TPSA) is 29.5 Å². The van der Waals surface area contributed by atoms with Gasteiger partial charge in [-0.1, -0.05) is 6.07 Å². The second kappa shape index (κ2) is 6.36. The van der Waals surface area contributed by atoms with Crippen LogP contribution in [-0.4, -0.2) is 26.7 Å². The van der Waals surface area contributed by atoms with E-state index in [1.807, 2.05) is 38.1 Å². The van der Waals surface area contributed by atoms with Gasteiger partial charge in [0, 0.05) is 19.8 Å². The van der Waals surface area contributed by atoms with E-state index in [1.54, 1.807) is 19.9 Å². The Morgan fingerprint density at radius 1 is 1.37 bits per heavy atom. The van der Waals surface area contributed by atoms with Crippen LogP contribution in [0.4, 0.5) is 10.1 Å². The monoisotopic (exact) mass is 265 g/mol. The smallest absolute Gasteiger partial charge is 0.367 e. The van der Waals surface area contributed by atoms with Gasteiger partial charge in [0.25, 0.3) is 0 Å². The van der Waals surface area contributed by atoms with Gasteiger partial charge in [0.1, 0.15) is 0 Å². The zero-order chi connectivity index (χ0) is 14.6. The molecule has 0 aromatic heterocycles. The van der Waals surface area contributed by atoms with Crippen LogP contribution in [0.5, 0.6) is 0 Å². The molecule has 0 fully saturated rings. The minimum atomic E-state index is -0.908. The van der Waals surface area contributed by atoms with E-state index in [2.05, 4.69) is 4.74 Å². The third kappa shape index (κ3) is 3.56. The van der Waals surface area contributed by atoms with Crippen LogP contribution in [0.2, 0.25) is 0 Å². The SMILES string of the molecule is CCOC(=O)/C(F)=C(/C)c1ccc(N(C)C)c(C)c1. The Morgan fingerprint density at radius 2 is 2.00 bits per heavy atom. The fraction of sp³-hybridized carbons (Fsp3) is 0.400. The van der Waals surface area contributed by atoms with Gasteiger partial charge in [-0.2, -0.15) is 4.39 Å². The molecule has 0 saturated heterocycles. The predicted octanol–water partition coefficient (Wildman–Crippen LogP) is 3.32. The maximum atomic E-state index is 13.8. The van der Waals surface area contributed by atoms with E-state index in [4.69, 9.17) is 0 Å². The number of aryl methyl sites for hydroxylation is 1. The van der Waals surface area contributed by atoms with E-state index in [9.17, 15) is 9.18 Å². The zero-order valence-corrected chi connectivity index (χ0v) is 12.1. The maximum absolute atomic E-state index is 13.8. The Kier molecular flexibility index (Phi) is 5.10. The molecule has 0 saturated carbocycles. The van der Waals surface area contributed by atoms with Gasteiger partial charge >= 0.3 is 5.97 Å². The second-order valence-electron chi connectivity index (χ2n) is 4.56. The van der Waals surface area contributed by atoms with Crippen LogP contribution in [0.15, 0.2) is 24.0 Å². The van der Waals surface area contributed by atoms with Crippen molar-refractivity contribution >= 4 is 17.2 Å². The number of esters is 1. The fourth-order valence-electron chi connectivity index (χ4n) is 1.86. The minimum absolute atomic E-state index is 0.165. The number of rotatable bonds is 4. The molecule has 0 heterocycles.